The summed E-state index contributed by atoms with van der Waals surface area (Å²) in [6.45, 7) is 3.84. The molecular formula is C17H21ClN2O4. The lowest BCUT2D eigenvalue weighted by Gasteiger charge is -2.28. The van der Waals surface area contributed by atoms with Crippen molar-refractivity contribution in [2.45, 2.75) is 26.3 Å². The van der Waals surface area contributed by atoms with E-state index in [1.807, 2.05) is 13.8 Å². The van der Waals surface area contributed by atoms with Gasteiger partial charge in [0.05, 0.1) is 13.0 Å². The van der Waals surface area contributed by atoms with Crippen LogP contribution in [0.1, 0.15) is 20.3 Å². The molecule has 130 valence electrons. The lowest BCUT2D eigenvalue weighted by atomic mass is 10.1. The summed E-state index contributed by atoms with van der Waals surface area (Å²) in [5.74, 6) is -1.27. The molecule has 1 saturated heterocycles. The number of anilines is 1. The fourth-order valence-electron chi connectivity index (χ4n) is 2.70. The molecule has 2 amide bonds. The van der Waals surface area contributed by atoms with E-state index in [1.54, 1.807) is 29.2 Å². The van der Waals surface area contributed by atoms with Crippen molar-refractivity contribution < 1.29 is 19.1 Å². The van der Waals surface area contributed by atoms with Crippen molar-refractivity contribution in [3.8, 4) is 0 Å². The zero-order valence-corrected chi connectivity index (χ0v) is 14.7. The maximum Gasteiger partial charge on any atom is 0.325 e. The highest BCUT2D eigenvalue weighted by Gasteiger charge is 2.38. The Bertz CT molecular complexity index is 630. The van der Waals surface area contributed by atoms with E-state index in [0.29, 0.717) is 17.3 Å². The van der Waals surface area contributed by atoms with Crippen LogP contribution in [-0.4, -0.2) is 48.9 Å². The third kappa shape index (κ3) is 4.06. The molecule has 1 fully saturated rings. The fourth-order valence-corrected chi connectivity index (χ4v) is 2.82. The van der Waals surface area contributed by atoms with Crippen molar-refractivity contribution in [3.63, 3.8) is 0 Å². The summed E-state index contributed by atoms with van der Waals surface area (Å²) < 4.78 is 4.64. The second-order valence-electron chi connectivity index (χ2n) is 6.02. The number of hydrogen-bond acceptors (Lipinski definition) is 4. The largest absolute Gasteiger partial charge is 0.468 e. The quantitative estimate of drug-likeness (QED) is 0.761. The molecule has 1 aromatic rings. The number of benzene rings is 1. The molecule has 1 heterocycles. The van der Waals surface area contributed by atoms with E-state index >= 15 is 0 Å². The monoisotopic (exact) mass is 352 g/mol. The lowest BCUT2D eigenvalue weighted by molar-refractivity contribution is -0.149. The molecule has 1 aliphatic heterocycles. The van der Waals surface area contributed by atoms with Gasteiger partial charge >= 0.3 is 5.97 Å². The maximum absolute atomic E-state index is 12.7. The normalized spacial score (nSPS) is 17.3. The van der Waals surface area contributed by atoms with Crippen LogP contribution >= 0.6 is 11.6 Å². The molecule has 6 nitrogen and oxygen atoms in total. The number of esters is 1. The van der Waals surface area contributed by atoms with E-state index in [0.717, 1.165) is 0 Å². The van der Waals surface area contributed by atoms with Crippen molar-refractivity contribution in [1.29, 1.82) is 0 Å². The second kappa shape index (κ2) is 7.66. The first-order valence-corrected chi connectivity index (χ1v) is 8.14. The minimum Gasteiger partial charge on any atom is -0.468 e. The number of rotatable bonds is 5. The Morgan fingerprint density at radius 3 is 2.50 bits per heavy atom. The predicted octanol–water partition coefficient (Wildman–Crippen LogP) is 2.10. The Morgan fingerprint density at radius 1 is 1.33 bits per heavy atom. The van der Waals surface area contributed by atoms with Gasteiger partial charge in [0.1, 0.15) is 6.54 Å². The van der Waals surface area contributed by atoms with Crippen LogP contribution in [0.2, 0.25) is 5.02 Å². The zero-order valence-electron chi connectivity index (χ0n) is 14.0. The number of methoxy groups -OCH3 is 1. The second-order valence-corrected chi connectivity index (χ2v) is 6.45. The van der Waals surface area contributed by atoms with Crippen LogP contribution in [0.25, 0.3) is 0 Å². The Balaban J connectivity index is 2.12. The van der Waals surface area contributed by atoms with Crippen LogP contribution in [0.3, 0.4) is 0 Å². The van der Waals surface area contributed by atoms with Crippen LogP contribution in [0, 0.1) is 5.92 Å². The Hall–Kier alpha value is -2.08. The molecule has 7 heteroatoms. The zero-order chi connectivity index (χ0) is 17.9. The molecule has 2 rings (SSSR count). The standard InChI is InChI=1S/C17H21ClN2O4/c1-11(2)19(10-16(22)24-3)17(23)12-8-15(21)20(9-12)14-6-4-13(18)5-7-14/h4-7,11-12H,8-10H2,1-3H3. The summed E-state index contributed by atoms with van der Waals surface area (Å²) in [6, 6.07) is 6.76. The highest BCUT2D eigenvalue weighted by molar-refractivity contribution is 6.30. The van der Waals surface area contributed by atoms with Gasteiger partial charge in [0, 0.05) is 29.7 Å². The summed E-state index contributed by atoms with van der Waals surface area (Å²) in [4.78, 5) is 39.6. The van der Waals surface area contributed by atoms with Gasteiger partial charge in [-0.1, -0.05) is 11.6 Å². The molecule has 1 aliphatic rings. The average Bonchev–Trinajstić information content (AvgIpc) is 2.94. The Labute approximate surface area is 146 Å². The van der Waals surface area contributed by atoms with E-state index < -0.39 is 11.9 Å². The highest BCUT2D eigenvalue weighted by Crippen LogP contribution is 2.27. The minimum atomic E-state index is -0.476. The molecule has 0 N–H and O–H groups in total. The molecule has 0 spiro atoms. The fraction of sp³-hybridized carbons (Fsp3) is 0.471. The molecule has 1 aromatic carbocycles. The van der Waals surface area contributed by atoms with E-state index in [-0.39, 0.29) is 30.8 Å². The van der Waals surface area contributed by atoms with E-state index in [9.17, 15) is 14.4 Å². The average molecular weight is 353 g/mol. The molecule has 0 aliphatic carbocycles. The maximum atomic E-state index is 12.7. The van der Waals surface area contributed by atoms with Gasteiger partial charge in [-0.15, -0.1) is 0 Å². The number of hydrogen-bond donors (Lipinski definition) is 0. The summed E-state index contributed by atoms with van der Waals surface area (Å²) in [5.41, 5.74) is 0.712. The first kappa shape index (κ1) is 18.3. The number of amides is 2. The summed E-state index contributed by atoms with van der Waals surface area (Å²) in [7, 11) is 1.28. The van der Waals surface area contributed by atoms with Crippen molar-refractivity contribution in [2.75, 3.05) is 25.1 Å². The van der Waals surface area contributed by atoms with Crippen LogP contribution < -0.4 is 4.90 Å². The van der Waals surface area contributed by atoms with Gasteiger partial charge in [0.15, 0.2) is 0 Å². The smallest absolute Gasteiger partial charge is 0.325 e. The van der Waals surface area contributed by atoms with E-state index in [2.05, 4.69) is 4.74 Å². The third-order valence-corrected chi connectivity index (χ3v) is 4.30. The highest BCUT2D eigenvalue weighted by atomic mass is 35.5. The van der Waals surface area contributed by atoms with Crippen LogP contribution in [0.4, 0.5) is 5.69 Å². The van der Waals surface area contributed by atoms with Crippen LogP contribution in [-0.2, 0) is 19.1 Å². The molecule has 0 saturated carbocycles. The van der Waals surface area contributed by atoms with Gasteiger partial charge in [-0.05, 0) is 38.1 Å². The van der Waals surface area contributed by atoms with Gasteiger partial charge in [0.2, 0.25) is 11.8 Å². The van der Waals surface area contributed by atoms with Gasteiger partial charge in [-0.25, -0.2) is 0 Å². The van der Waals surface area contributed by atoms with Gasteiger partial charge in [-0.3, -0.25) is 14.4 Å². The van der Waals surface area contributed by atoms with E-state index in [4.69, 9.17) is 11.6 Å². The molecule has 0 radical (unpaired) electrons. The molecule has 1 unspecified atom stereocenters. The molecule has 0 aromatic heterocycles. The van der Waals surface area contributed by atoms with E-state index in [1.165, 1.54) is 12.0 Å². The molecule has 24 heavy (non-hydrogen) atoms. The first-order chi connectivity index (χ1) is 11.3. The first-order valence-electron chi connectivity index (χ1n) is 7.76. The number of nitrogens with zero attached hydrogens (tertiary/aromatic N) is 2. The predicted molar refractivity (Wildman–Crippen MR) is 90.8 cm³/mol. The Morgan fingerprint density at radius 2 is 1.96 bits per heavy atom. The van der Waals surface area contributed by atoms with Crippen molar-refractivity contribution in [3.05, 3.63) is 29.3 Å². The SMILES string of the molecule is COC(=O)CN(C(=O)C1CC(=O)N(c2ccc(Cl)cc2)C1)C(C)C. The number of halogens is 1. The van der Waals surface area contributed by atoms with Gasteiger partial charge < -0.3 is 14.5 Å². The molecule has 0 bridgehead atoms. The van der Waals surface area contributed by atoms with Crippen molar-refractivity contribution >= 4 is 35.1 Å². The number of carbonyl (C=O) groups is 3. The molecule has 1 atom stereocenters. The number of carbonyl (C=O) groups excluding carboxylic acids is 3. The van der Waals surface area contributed by atoms with Crippen molar-refractivity contribution in [2.24, 2.45) is 5.92 Å². The lowest BCUT2D eigenvalue weighted by Crippen LogP contribution is -2.44. The topological polar surface area (TPSA) is 66.9 Å². The summed E-state index contributed by atoms with van der Waals surface area (Å²) in [6.07, 6.45) is 0.131. The van der Waals surface area contributed by atoms with Crippen LogP contribution in [0.5, 0.6) is 0 Å². The minimum absolute atomic E-state index is 0.112. The Kier molecular flexibility index (Phi) is 5.83. The van der Waals surface area contributed by atoms with Crippen molar-refractivity contribution in [1.82, 2.24) is 4.90 Å². The summed E-state index contributed by atoms with van der Waals surface area (Å²) >= 11 is 5.86. The van der Waals surface area contributed by atoms with Gasteiger partial charge in [0.25, 0.3) is 0 Å². The number of ether oxygens (including phenoxy) is 1. The molecular weight excluding hydrogens is 332 g/mol. The van der Waals surface area contributed by atoms with Gasteiger partial charge in [-0.2, -0.15) is 0 Å². The summed E-state index contributed by atoms with van der Waals surface area (Å²) in [5, 5.41) is 0.585. The van der Waals surface area contributed by atoms with Crippen LogP contribution in [0.15, 0.2) is 24.3 Å². The third-order valence-electron chi connectivity index (χ3n) is 4.05.